The smallest absolute Gasteiger partial charge is 0.237 e. The lowest BCUT2D eigenvalue weighted by molar-refractivity contribution is -0.165. The van der Waals surface area contributed by atoms with E-state index in [0.29, 0.717) is 13.2 Å². The van der Waals surface area contributed by atoms with Crippen molar-refractivity contribution in [2.24, 2.45) is 0 Å². The highest BCUT2D eigenvalue weighted by atomic mass is 35.5. The van der Waals surface area contributed by atoms with Crippen molar-refractivity contribution in [3.8, 4) is 0 Å². The van der Waals surface area contributed by atoms with Gasteiger partial charge in [-0.25, -0.2) is 0 Å². The third-order valence-corrected chi connectivity index (χ3v) is 3.21. The number of ether oxygens (including phenoxy) is 1. The molecule has 3 nitrogen and oxygen atoms in total. The quantitative estimate of drug-likeness (QED) is 0.596. The van der Waals surface area contributed by atoms with Crippen LogP contribution in [0.25, 0.3) is 0 Å². The average Bonchev–Trinajstić information content (AvgIpc) is 2.14. The zero-order valence-electron chi connectivity index (χ0n) is 7.59. The van der Waals surface area contributed by atoms with Crippen LogP contribution in [0.4, 0.5) is 0 Å². The highest BCUT2D eigenvalue weighted by molar-refractivity contribution is 6.27. The number of morpholine rings is 1. The molecular weight excluding hydrogens is 190 g/mol. The molecule has 2 aliphatic rings. The first kappa shape index (κ1) is 9.28. The van der Waals surface area contributed by atoms with E-state index in [0.717, 1.165) is 19.4 Å². The van der Waals surface area contributed by atoms with Crippen LogP contribution in [0.15, 0.2) is 0 Å². The van der Waals surface area contributed by atoms with Crippen LogP contribution in [-0.2, 0) is 9.53 Å². The van der Waals surface area contributed by atoms with Crippen molar-refractivity contribution in [2.45, 2.75) is 24.9 Å². The SMILES string of the molecule is O=C(CCl)N1CCOC2(CCC2)C1. The second kappa shape index (κ2) is 3.46. The molecule has 1 aliphatic carbocycles. The van der Waals surface area contributed by atoms with Crippen molar-refractivity contribution in [3.05, 3.63) is 0 Å². The van der Waals surface area contributed by atoms with Gasteiger partial charge in [-0.1, -0.05) is 0 Å². The van der Waals surface area contributed by atoms with E-state index in [1.807, 2.05) is 4.90 Å². The van der Waals surface area contributed by atoms with E-state index in [1.54, 1.807) is 0 Å². The van der Waals surface area contributed by atoms with E-state index in [2.05, 4.69) is 0 Å². The van der Waals surface area contributed by atoms with Gasteiger partial charge in [-0.3, -0.25) is 4.79 Å². The molecule has 0 bridgehead atoms. The van der Waals surface area contributed by atoms with Gasteiger partial charge in [0.1, 0.15) is 5.88 Å². The maximum Gasteiger partial charge on any atom is 0.237 e. The second-order valence-electron chi connectivity index (χ2n) is 3.83. The first-order valence-electron chi connectivity index (χ1n) is 4.73. The Morgan fingerprint density at radius 3 is 2.85 bits per heavy atom. The highest BCUT2D eigenvalue weighted by Gasteiger charge is 2.42. The lowest BCUT2D eigenvalue weighted by Gasteiger charge is -2.48. The predicted octanol–water partition coefficient (Wildman–Crippen LogP) is 1.01. The van der Waals surface area contributed by atoms with Crippen molar-refractivity contribution < 1.29 is 9.53 Å². The molecule has 2 rings (SSSR count). The largest absolute Gasteiger partial charge is 0.371 e. The van der Waals surface area contributed by atoms with Gasteiger partial charge in [-0.05, 0) is 19.3 Å². The molecule has 0 N–H and O–H groups in total. The average molecular weight is 204 g/mol. The molecule has 1 saturated heterocycles. The van der Waals surface area contributed by atoms with Gasteiger partial charge in [0.2, 0.25) is 5.91 Å². The van der Waals surface area contributed by atoms with Gasteiger partial charge in [0.15, 0.2) is 0 Å². The summed E-state index contributed by atoms with van der Waals surface area (Å²) in [5, 5.41) is 0. The third kappa shape index (κ3) is 1.67. The molecule has 13 heavy (non-hydrogen) atoms. The van der Waals surface area contributed by atoms with Gasteiger partial charge in [0, 0.05) is 13.1 Å². The number of alkyl halides is 1. The number of carbonyl (C=O) groups excluding carboxylic acids is 1. The molecule has 0 aromatic rings. The van der Waals surface area contributed by atoms with Gasteiger partial charge >= 0.3 is 0 Å². The van der Waals surface area contributed by atoms with Crippen molar-refractivity contribution in [1.29, 1.82) is 0 Å². The summed E-state index contributed by atoms with van der Waals surface area (Å²) in [6.07, 6.45) is 3.42. The summed E-state index contributed by atoms with van der Waals surface area (Å²) in [4.78, 5) is 13.2. The third-order valence-electron chi connectivity index (χ3n) is 2.98. The lowest BCUT2D eigenvalue weighted by Crippen LogP contribution is -2.57. The second-order valence-corrected chi connectivity index (χ2v) is 4.10. The van der Waals surface area contributed by atoms with Gasteiger partial charge in [-0.2, -0.15) is 0 Å². The van der Waals surface area contributed by atoms with Crippen molar-refractivity contribution in [2.75, 3.05) is 25.6 Å². The minimum atomic E-state index is -0.0000309. The van der Waals surface area contributed by atoms with Crippen LogP contribution in [0.1, 0.15) is 19.3 Å². The fraction of sp³-hybridized carbons (Fsp3) is 0.889. The Morgan fingerprint density at radius 2 is 2.31 bits per heavy atom. The standard InChI is InChI=1S/C9H14ClNO2/c10-6-8(12)11-4-5-13-9(7-11)2-1-3-9/h1-7H2. The zero-order valence-corrected chi connectivity index (χ0v) is 8.35. The Kier molecular flexibility index (Phi) is 2.47. The van der Waals surface area contributed by atoms with E-state index in [4.69, 9.17) is 16.3 Å². The molecular formula is C9H14ClNO2. The number of rotatable bonds is 1. The molecule has 1 heterocycles. The lowest BCUT2D eigenvalue weighted by atomic mass is 9.79. The van der Waals surface area contributed by atoms with Crippen LogP contribution < -0.4 is 0 Å². The highest BCUT2D eigenvalue weighted by Crippen LogP contribution is 2.38. The normalized spacial score (nSPS) is 25.8. The summed E-state index contributed by atoms with van der Waals surface area (Å²) >= 11 is 5.51. The van der Waals surface area contributed by atoms with Crippen LogP contribution in [0.5, 0.6) is 0 Å². The minimum absolute atomic E-state index is 0.0000309. The molecule has 0 atom stereocenters. The molecule has 0 aromatic heterocycles. The zero-order chi connectivity index (χ0) is 9.31. The molecule has 74 valence electrons. The summed E-state index contributed by atoms with van der Waals surface area (Å²) in [5.74, 6) is 0.132. The fourth-order valence-electron chi connectivity index (χ4n) is 2.02. The van der Waals surface area contributed by atoms with Crippen molar-refractivity contribution in [1.82, 2.24) is 4.90 Å². The summed E-state index contributed by atoms with van der Waals surface area (Å²) in [5.41, 5.74) is -0.0000309. The predicted molar refractivity (Wildman–Crippen MR) is 49.8 cm³/mol. The number of nitrogens with zero attached hydrogens (tertiary/aromatic N) is 1. The Labute approximate surface area is 83.0 Å². The molecule has 0 radical (unpaired) electrons. The Morgan fingerprint density at radius 1 is 1.54 bits per heavy atom. The Hall–Kier alpha value is -0.280. The van der Waals surface area contributed by atoms with Gasteiger partial charge in [0.25, 0.3) is 0 Å². The van der Waals surface area contributed by atoms with E-state index in [1.165, 1.54) is 6.42 Å². The van der Waals surface area contributed by atoms with E-state index >= 15 is 0 Å². The molecule has 1 saturated carbocycles. The summed E-state index contributed by atoms with van der Waals surface area (Å²) in [6.45, 7) is 2.12. The Bertz CT molecular complexity index is 216. The summed E-state index contributed by atoms with van der Waals surface area (Å²) in [6, 6.07) is 0. The van der Waals surface area contributed by atoms with E-state index in [-0.39, 0.29) is 17.4 Å². The maximum atomic E-state index is 11.3. The van der Waals surface area contributed by atoms with Crippen LogP contribution in [0.2, 0.25) is 0 Å². The van der Waals surface area contributed by atoms with Gasteiger partial charge in [0.05, 0.1) is 12.2 Å². The first-order valence-corrected chi connectivity index (χ1v) is 5.27. The molecule has 1 amide bonds. The fourth-order valence-corrected chi connectivity index (χ4v) is 2.18. The first-order chi connectivity index (χ1) is 6.26. The topological polar surface area (TPSA) is 29.5 Å². The molecule has 4 heteroatoms. The molecule has 0 aromatic carbocycles. The van der Waals surface area contributed by atoms with Crippen LogP contribution >= 0.6 is 11.6 Å². The maximum absolute atomic E-state index is 11.3. The summed E-state index contributed by atoms with van der Waals surface area (Å²) < 4.78 is 5.69. The number of amides is 1. The summed E-state index contributed by atoms with van der Waals surface area (Å²) in [7, 11) is 0. The Balaban J connectivity index is 1.95. The van der Waals surface area contributed by atoms with Crippen LogP contribution in [-0.4, -0.2) is 42.0 Å². The number of carbonyl (C=O) groups is 1. The number of halogens is 1. The van der Waals surface area contributed by atoms with Crippen molar-refractivity contribution >= 4 is 17.5 Å². The minimum Gasteiger partial charge on any atom is -0.371 e. The number of hydrogen-bond acceptors (Lipinski definition) is 2. The van der Waals surface area contributed by atoms with Gasteiger partial charge in [-0.15, -0.1) is 11.6 Å². The molecule has 1 spiro atoms. The van der Waals surface area contributed by atoms with Gasteiger partial charge < -0.3 is 9.64 Å². The molecule has 1 aliphatic heterocycles. The van der Waals surface area contributed by atoms with Crippen molar-refractivity contribution in [3.63, 3.8) is 0 Å². The van der Waals surface area contributed by atoms with E-state index in [9.17, 15) is 4.79 Å². The van der Waals surface area contributed by atoms with Crippen LogP contribution in [0, 0.1) is 0 Å². The van der Waals surface area contributed by atoms with Crippen LogP contribution in [0.3, 0.4) is 0 Å². The van der Waals surface area contributed by atoms with E-state index < -0.39 is 0 Å². The molecule has 2 fully saturated rings. The molecule has 0 unspecified atom stereocenters. The monoisotopic (exact) mass is 203 g/mol. The number of hydrogen-bond donors (Lipinski definition) is 0.